The Kier molecular flexibility index (Phi) is 6.42. The van der Waals surface area contributed by atoms with Crippen molar-refractivity contribution in [3.05, 3.63) is 47.0 Å². The molecule has 0 saturated heterocycles. The maximum absolute atomic E-state index is 12.4. The third-order valence-corrected chi connectivity index (χ3v) is 4.14. The zero-order chi connectivity index (χ0) is 18.4. The highest BCUT2D eigenvalue weighted by molar-refractivity contribution is 6.01. The molecular formula is C20H25NO4. The molecule has 0 bridgehead atoms. The average Bonchev–Trinajstić information content (AvgIpc) is 2.55. The molecule has 0 saturated carbocycles. The first-order valence-electron chi connectivity index (χ1n) is 8.47. The SMILES string of the molecule is CCCCCc1cc(O)c(-c2cccc(C)c2)c(O)c1C(=O)NOC. The van der Waals surface area contributed by atoms with Crippen LogP contribution >= 0.6 is 0 Å². The summed E-state index contributed by atoms with van der Waals surface area (Å²) < 4.78 is 0. The second kappa shape index (κ2) is 8.53. The topological polar surface area (TPSA) is 78.8 Å². The molecule has 2 aromatic rings. The van der Waals surface area contributed by atoms with E-state index in [1.54, 1.807) is 12.1 Å². The zero-order valence-corrected chi connectivity index (χ0v) is 14.9. The Morgan fingerprint density at radius 3 is 2.60 bits per heavy atom. The van der Waals surface area contributed by atoms with Crippen molar-refractivity contribution in [3.8, 4) is 22.6 Å². The van der Waals surface area contributed by atoms with Gasteiger partial charge in [0.2, 0.25) is 0 Å². The first-order chi connectivity index (χ1) is 12.0. The molecule has 0 aliphatic rings. The maximum Gasteiger partial charge on any atom is 0.278 e. The van der Waals surface area contributed by atoms with Gasteiger partial charge in [-0.25, -0.2) is 5.48 Å². The van der Waals surface area contributed by atoms with Gasteiger partial charge in [-0.05, 0) is 37.0 Å². The molecule has 0 heterocycles. The van der Waals surface area contributed by atoms with Gasteiger partial charge in [0.1, 0.15) is 11.5 Å². The summed E-state index contributed by atoms with van der Waals surface area (Å²) >= 11 is 0. The van der Waals surface area contributed by atoms with Crippen molar-refractivity contribution in [3.63, 3.8) is 0 Å². The molecule has 3 N–H and O–H groups in total. The lowest BCUT2D eigenvalue weighted by Crippen LogP contribution is -2.23. The fourth-order valence-electron chi connectivity index (χ4n) is 2.95. The molecule has 25 heavy (non-hydrogen) atoms. The van der Waals surface area contributed by atoms with Gasteiger partial charge < -0.3 is 10.2 Å². The van der Waals surface area contributed by atoms with E-state index in [1.807, 2.05) is 25.1 Å². The van der Waals surface area contributed by atoms with Crippen molar-refractivity contribution < 1.29 is 19.8 Å². The van der Waals surface area contributed by atoms with Gasteiger partial charge in [-0.1, -0.05) is 49.6 Å². The summed E-state index contributed by atoms with van der Waals surface area (Å²) in [6.07, 6.45) is 3.51. The van der Waals surface area contributed by atoms with Crippen LogP contribution in [-0.4, -0.2) is 23.2 Å². The number of nitrogens with one attached hydrogen (secondary N) is 1. The quantitative estimate of drug-likeness (QED) is 0.522. The molecule has 5 nitrogen and oxygen atoms in total. The lowest BCUT2D eigenvalue weighted by atomic mass is 9.92. The summed E-state index contributed by atoms with van der Waals surface area (Å²) in [4.78, 5) is 17.1. The fraction of sp³-hybridized carbons (Fsp3) is 0.350. The van der Waals surface area contributed by atoms with Crippen LogP contribution in [0.2, 0.25) is 0 Å². The molecule has 0 aliphatic heterocycles. The molecule has 0 unspecified atom stereocenters. The number of rotatable bonds is 7. The fourth-order valence-corrected chi connectivity index (χ4v) is 2.95. The molecular weight excluding hydrogens is 318 g/mol. The van der Waals surface area contributed by atoms with Crippen molar-refractivity contribution in [2.24, 2.45) is 0 Å². The number of aromatic hydroxyl groups is 2. The summed E-state index contributed by atoms with van der Waals surface area (Å²) in [6, 6.07) is 8.97. The van der Waals surface area contributed by atoms with E-state index in [0.29, 0.717) is 17.5 Å². The van der Waals surface area contributed by atoms with Crippen LogP contribution in [0.5, 0.6) is 11.5 Å². The Hall–Kier alpha value is -2.53. The summed E-state index contributed by atoms with van der Waals surface area (Å²) in [5.41, 5.74) is 4.91. The standard InChI is InChI=1S/C20H25NO4/c1-4-5-6-9-15-12-16(22)17(14-10-7-8-13(2)11-14)19(23)18(15)20(24)21-25-3/h7-8,10-12,22-23H,4-6,9H2,1-3H3,(H,21,24). The van der Waals surface area contributed by atoms with E-state index in [-0.39, 0.29) is 22.6 Å². The molecule has 2 aromatic carbocycles. The molecule has 0 atom stereocenters. The van der Waals surface area contributed by atoms with Gasteiger partial charge in [-0.15, -0.1) is 0 Å². The minimum atomic E-state index is -0.527. The molecule has 2 rings (SSSR count). The lowest BCUT2D eigenvalue weighted by molar-refractivity contribution is 0.0534. The Labute approximate surface area is 148 Å². The smallest absolute Gasteiger partial charge is 0.278 e. The van der Waals surface area contributed by atoms with E-state index in [9.17, 15) is 15.0 Å². The van der Waals surface area contributed by atoms with Crippen LogP contribution in [0.25, 0.3) is 11.1 Å². The number of aryl methyl sites for hydroxylation is 2. The monoisotopic (exact) mass is 343 g/mol. The number of carbonyl (C=O) groups is 1. The normalized spacial score (nSPS) is 10.7. The van der Waals surface area contributed by atoms with Crippen molar-refractivity contribution in [1.29, 1.82) is 0 Å². The van der Waals surface area contributed by atoms with Crippen molar-refractivity contribution in [1.82, 2.24) is 5.48 Å². The predicted octanol–water partition coefficient (Wildman–Crippen LogP) is 4.10. The Morgan fingerprint density at radius 2 is 1.96 bits per heavy atom. The van der Waals surface area contributed by atoms with Gasteiger partial charge in [-0.2, -0.15) is 0 Å². The highest BCUT2D eigenvalue weighted by Crippen LogP contribution is 2.42. The summed E-state index contributed by atoms with van der Waals surface area (Å²) in [5.74, 6) is -0.796. The average molecular weight is 343 g/mol. The number of hydroxylamine groups is 1. The minimum absolute atomic E-state index is 0.0384. The van der Waals surface area contributed by atoms with E-state index in [1.165, 1.54) is 7.11 Å². The largest absolute Gasteiger partial charge is 0.507 e. The van der Waals surface area contributed by atoms with Gasteiger partial charge in [0.05, 0.1) is 18.2 Å². The van der Waals surface area contributed by atoms with Crippen molar-refractivity contribution in [2.45, 2.75) is 39.5 Å². The lowest BCUT2D eigenvalue weighted by Gasteiger charge is -2.16. The molecule has 5 heteroatoms. The van der Waals surface area contributed by atoms with Gasteiger partial charge in [-0.3, -0.25) is 9.63 Å². The summed E-state index contributed by atoms with van der Waals surface area (Å²) in [6.45, 7) is 4.02. The van der Waals surface area contributed by atoms with E-state index in [4.69, 9.17) is 4.84 Å². The summed E-state index contributed by atoms with van der Waals surface area (Å²) in [5, 5.41) is 21.3. The highest BCUT2D eigenvalue weighted by Gasteiger charge is 2.23. The molecule has 0 aromatic heterocycles. The zero-order valence-electron chi connectivity index (χ0n) is 14.9. The molecule has 0 aliphatic carbocycles. The van der Waals surface area contributed by atoms with E-state index in [0.717, 1.165) is 24.8 Å². The molecule has 0 radical (unpaired) electrons. The van der Waals surface area contributed by atoms with Crippen LogP contribution in [0.15, 0.2) is 30.3 Å². The van der Waals surface area contributed by atoms with Crippen molar-refractivity contribution >= 4 is 5.91 Å². The predicted molar refractivity (Wildman–Crippen MR) is 97.6 cm³/mol. The Morgan fingerprint density at radius 1 is 1.20 bits per heavy atom. The van der Waals surface area contributed by atoms with Crippen LogP contribution in [0, 0.1) is 6.92 Å². The van der Waals surface area contributed by atoms with Gasteiger partial charge in [0.25, 0.3) is 5.91 Å². The second-order valence-corrected chi connectivity index (χ2v) is 6.12. The van der Waals surface area contributed by atoms with Crippen molar-refractivity contribution in [2.75, 3.05) is 7.11 Å². The number of carbonyl (C=O) groups excluding carboxylic acids is 1. The third-order valence-electron chi connectivity index (χ3n) is 4.14. The van der Waals surface area contributed by atoms with E-state index < -0.39 is 5.91 Å². The highest BCUT2D eigenvalue weighted by atomic mass is 16.6. The van der Waals surface area contributed by atoms with Gasteiger partial charge in [0, 0.05) is 0 Å². The van der Waals surface area contributed by atoms with Crippen LogP contribution < -0.4 is 5.48 Å². The second-order valence-electron chi connectivity index (χ2n) is 6.12. The van der Waals surface area contributed by atoms with Gasteiger partial charge >= 0.3 is 0 Å². The summed E-state index contributed by atoms with van der Waals surface area (Å²) in [7, 11) is 1.34. The maximum atomic E-state index is 12.4. The molecule has 1 amide bonds. The van der Waals surface area contributed by atoms with E-state index >= 15 is 0 Å². The van der Waals surface area contributed by atoms with Crippen LogP contribution in [0.3, 0.4) is 0 Å². The molecule has 0 spiro atoms. The Balaban J connectivity index is 2.59. The van der Waals surface area contributed by atoms with E-state index in [2.05, 4.69) is 12.4 Å². The third kappa shape index (κ3) is 4.31. The molecule has 134 valence electrons. The number of phenolic OH excluding ortho intramolecular Hbond substituents is 2. The number of phenols is 2. The van der Waals surface area contributed by atoms with Gasteiger partial charge in [0.15, 0.2) is 0 Å². The minimum Gasteiger partial charge on any atom is -0.507 e. The first kappa shape index (κ1) is 18.8. The van der Waals surface area contributed by atoms with Crippen LogP contribution in [0.4, 0.5) is 0 Å². The molecule has 0 fully saturated rings. The van der Waals surface area contributed by atoms with Crippen LogP contribution in [-0.2, 0) is 11.3 Å². The Bertz CT molecular complexity index is 756. The number of unbranched alkanes of at least 4 members (excludes halogenated alkanes) is 2. The van der Waals surface area contributed by atoms with Crippen LogP contribution in [0.1, 0.15) is 47.7 Å². The number of hydrogen-bond acceptors (Lipinski definition) is 4. The number of amides is 1. The first-order valence-corrected chi connectivity index (χ1v) is 8.47. The number of hydrogen-bond donors (Lipinski definition) is 3. The number of benzene rings is 2.